The summed E-state index contributed by atoms with van der Waals surface area (Å²) in [5, 5.41) is 3.28. The van der Waals surface area contributed by atoms with Gasteiger partial charge >= 0.3 is 0 Å². The van der Waals surface area contributed by atoms with E-state index in [0.29, 0.717) is 6.10 Å². The van der Waals surface area contributed by atoms with Crippen LogP contribution < -0.4 is 5.32 Å². The zero-order valence-electron chi connectivity index (χ0n) is 11.3. The average molecular weight is 240 g/mol. The van der Waals surface area contributed by atoms with Crippen LogP contribution in [-0.4, -0.2) is 50.3 Å². The number of hydrogen-bond acceptors (Lipinski definition) is 3. The molecule has 0 aromatic heterocycles. The van der Waals surface area contributed by atoms with Crippen LogP contribution in [-0.2, 0) is 4.74 Å². The fourth-order valence-electron chi connectivity index (χ4n) is 3.17. The molecule has 3 nitrogen and oxygen atoms in total. The van der Waals surface area contributed by atoms with E-state index in [1.54, 1.807) is 0 Å². The van der Waals surface area contributed by atoms with Crippen molar-refractivity contribution in [3.05, 3.63) is 0 Å². The average Bonchev–Trinajstić information content (AvgIpc) is 2.88. The zero-order chi connectivity index (χ0) is 11.9. The van der Waals surface area contributed by atoms with Gasteiger partial charge in [0.2, 0.25) is 0 Å². The maximum absolute atomic E-state index is 5.72. The number of nitrogens with zero attached hydrogens (tertiary/aromatic N) is 1. The van der Waals surface area contributed by atoms with Crippen molar-refractivity contribution in [2.24, 2.45) is 0 Å². The molecule has 2 aliphatic heterocycles. The van der Waals surface area contributed by atoms with Gasteiger partial charge in [0.1, 0.15) is 0 Å². The van der Waals surface area contributed by atoms with Crippen LogP contribution in [0, 0.1) is 0 Å². The Balaban J connectivity index is 1.71. The molecule has 2 atom stereocenters. The van der Waals surface area contributed by atoms with Gasteiger partial charge in [-0.3, -0.25) is 0 Å². The normalized spacial score (nSPS) is 30.9. The minimum Gasteiger partial charge on any atom is -0.378 e. The van der Waals surface area contributed by atoms with Gasteiger partial charge in [0.05, 0.1) is 6.10 Å². The van der Waals surface area contributed by atoms with Gasteiger partial charge in [0, 0.05) is 19.2 Å². The van der Waals surface area contributed by atoms with Gasteiger partial charge in [-0.1, -0.05) is 6.42 Å². The van der Waals surface area contributed by atoms with Gasteiger partial charge in [0.15, 0.2) is 0 Å². The monoisotopic (exact) mass is 240 g/mol. The Bertz CT molecular complexity index is 204. The van der Waals surface area contributed by atoms with Gasteiger partial charge in [0.25, 0.3) is 0 Å². The van der Waals surface area contributed by atoms with Crippen molar-refractivity contribution >= 4 is 0 Å². The standard InChI is InChI=1S/C14H28N2O/c1-15-9-7-13-5-2-3-10-16(13)11-8-14-6-4-12-17-14/h13-15H,2-12H2,1H3. The molecule has 0 radical (unpaired) electrons. The first kappa shape index (κ1) is 13.3. The van der Waals surface area contributed by atoms with Crippen LogP contribution in [0.1, 0.15) is 44.9 Å². The van der Waals surface area contributed by atoms with Gasteiger partial charge in [-0.15, -0.1) is 0 Å². The first-order valence-corrected chi connectivity index (χ1v) is 7.40. The summed E-state index contributed by atoms with van der Waals surface area (Å²) in [4.78, 5) is 2.71. The summed E-state index contributed by atoms with van der Waals surface area (Å²) in [6.07, 6.45) is 9.88. The van der Waals surface area contributed by atoms with E-state index in [9.17, 15) is 0 Å². The van der Waals surface area contributed by atoms with Gasteiger partial charge in [-0.05, 0) is 58.7 Å². The van der Waals surface area contributed by atoms with E-state index in [-0.39, 0.29) is 0 Å². The molecule has 2 heterocycles. The molecule has 0 saturated carbocycles. The summed E-state index contributed by atoms with van der Waals surface area (Å²) >= 11 is 0. The van der Waals surface area contributed by atoms with Crippen molar-refractivity contribution < 1.29 is 4.74 Å². The van der Waals surface area contributed by atoms with E-state index in [0.717, 1.165) is 19.2 Å². The third kappa shape index (κ3) is 4.23. The van der Waals surface area contributed by atoms with Crippen LogP contribution in [0.25, 0.3) is 0 Å². The summed E-state index contributed by atoms with van der Waals surface area (Å²) < 4.78 is 5.72. The lowest BCUT2D eigenvalue weighted by atomic mass is 9.98. The van der Waals surface area contributed by atoms with E-state index in [1.807, 2.05) is 0 Å². The third-order valence-corrected chi connectivity index (χ3v) is 4.24. The highest BCUT2D eigenvalue weighted by molar-refractivity contribution is 4.79. The fourth-order valence-corrected chi connectivity index (χ4v) is 3.17. The lowest BCUT2D eigenvalue weighted by Gasteiger charge is -2.36. The maximum atomic E-state index is 5.72. The van der Waals surface area contributed by atoms with E-state index >= 15 is 0 Å². The molecule has 100 valence electrons. The topological polar surface area (TPSA) is 24.5 Å². The summed E-state index contributed by atoms with van der Waals surface area (Å²) in [7, 11) is 2.06. The minimum absolute atomic E-state index is 0.557. The maximum Gasteiger partial charge on any atom is 0.0588 e. The number of ether oxygens (including phenoxy) is 1. The summed E-state index contributed by atoms with van der Waals surface area (Å²) in [6, 6.07) is 0.817. The predicted octanol–water partition coefficient (Wildman–Crippen LogP) is 2.02. The molecule has 2 unspecified atom stereocenters. The lowest BCUT2D eigenvalue weighted by molar-refractivity contribution is 0.0736. The van der Waals surface area contributed by atoms with Gasteiger partial charge < -0.3 is 15.0 Å². The van der Waals surface area contributed by atoms with Crippen molar-refractivity contribution in [3.63, 3.8) is 0 Å². The quantitative estimate of drug-likeness (QED) is 0.769. The highest BCUT2D eigenvalue weighted by Crippen LogP contribution is 2.22. The van der Waals surface area contributed by atoms with E-state index in [2.05, 4.69) is 17.3 Å². The molecule has 0 amide bonds. The second-order valence-electron chi connectivity index (χ2n) is 5.50. The highest BCUT2D eigenvalue weighted by atomic mass is 16.5. The third-order valence-electron chi connectivity index (χ3n) is 4.24. The van der Waals surface area contributed by atoms with E-state index in [1.165, 1.54) is 58.0 Å². The smallest absolute Gasteiger partial charge is 0.0588 e. The van der Waals surface area contributed by atoms with Crippen molar-refractivity contribution in [2.45, 2.75) is 57.1 Å². The molecule has 0 spiro atoms. The molecule has 2 rings (SSSR count). The fraction of sp³-hybridized carbons (Fsp3) is 1.00. The molecule has 1 N–H and O–H groups in total. The first-order chi connectivity index (χ1) is 8.40. The van der Waals surface area contributed by atoms with Crippen LogP contribution in [0.15, 0.2) is 0 Å². The molecule has 2 saturated heterocycles. The summed E-state index contributed by atoms with van der Waals surface area (Å²) in [6.45, 7) is 4.70. The van der Waals surface area contributed by atoms with E-state index < -0.39 is 0 Å². The van der Waals surface area contributed by atoms with Crippen LogP contribution >= 0.6 is 0 Å². The van der Waals surface area contributed by atoms with Crippen molar-refractivity contribution in [1.82, 2.24) is 10.2 Å². The second kappa shape index (κ2) is 7.34. The summed E-state index contributed by atoms with van der Waals surface area (Å²) in [5.41, 5.74) is 0. The molecule has 2 aliphatic rings. The number of likely N-dealkylation sites (tertiary alicyclic amines) is 1. The number of hydrogen-bond donors (Lipinski definition) is 1. The number of rotatable bonds is 6. The van der Waals surface area contributed by atoms with Crippen molar-refractivity contribution in [1.29, 1.82) is 0 Å². The van der Waals surface area contributed by atoms with Crippen LogP contribution in [0.2, 0.25) is 0 Å². The minimum atomic E-state index is 0.557. The summed E-state index contributed by atoms with van der Waals surface area (Å²) in [5.74, 6) is 0. The molecule has 0 aromatic carbocycles. The second-order valence-corrected chi connectivity index (χ2v) is 5.50. The Labute approximate surface area is 106 Å². The number of piperidine rings is 1. The molecular weight excluding hydrogens is 212 g/mol. The predicted molar refractivity (Wildman–Crippen MR) is 71.3 cm³/mol. The molecular formula is C14H28N2O. The molecule has 0 aromatic rings. The zero-order valence-corrected chi connectivity index (χ0v) is 11.3. The van der Waals surface area contributed by atoms with Gasteiger partial charge in [-0.2, -0.15) is 0 Å². The molecule has 3 heteroatoms. The Morgan fingerprint density at radius 1 is 1.18 bits per heavy atom. The van der Waals surface area contributed by atoms with E-state index in [4.69, 9.17) is 4.74 Å². The van der Waals surface area contributed by atoms with Crippen molar-refractivity contribution in [3.8, 4) is 0 Å². The molecule has 17 heavy (non-hydrogen) atoms. The van der Waals surface area contributed by atoms with Crippen LogP contribution in [0.5, 0.6) is 0 Å². The Kier molecular flexibility index (Phi) is 5.75. The lowest BCUT2D eigenvalue weighted by Crippen LogP contribution is -2.42. The van der Waals surface area contributed by atoms with Crippen LogP contribution in [0.4, 0.5) is 0 Å². The highest BCUT2D eigenvalue weighted by Gasteiger charge is 2.23. The van der Waals surface area contributed by atoms with Gasteiger partial charge in [-0.25, -0.2) is 0 Å². The Morgan fingerprint density at radius 2 is 2.12 bits per heavy atom. The SMILES string of the molecule is CNCCC1CCCCN1CCC1CCCO1. The first-order valence-electron chi connectivity index (χ1n) is 7.40. The van der Waals surface area contributed by atoms with Crippen LogP contribution in [0.3, 0.4) is 0 Å². The molecule has 2 fully saturated rings. The number of nitrogens with one attached hydrogen (secondary N) is 1. The Morgan fingerprint density at radius 3 is 2.88 bits per heavy atom. The Hall–Kier alpha value is -0.120. The molecule has 0 aliphatic carbocycles. The van der Waals surface area contributed by atoms with Crippen molar-refractivity contribution in [2.75, 3.05) is 33.3 Å². The molecule has 0 bridgehead atoms. The largest absolute Gasteiger partial charge is 0.378 e.